The van der Waals surface area contributed by atoms with Crippen molar-refractivity contribution < 1.29 is 14.6 Å². The number of carbonyl (C=O) groups is 1. The van der Waals surface area contributed by atoms with Crippen LogP contribution < -0.4 is 4.74 Å². The largest absolute Gasteiger partial charge is 0.497 e. The number of benzene rings is 1. The lowest BCUT2D eigenvalue weighted by Gasteiger charge is -2.18. The summed E-state index contributed by atoms with van der Waals surface area (Å²) in [6, 6.07) is 7.11. The fourth-order valence-electron chi connectivity index (χ4n) is 1.58. The van der Waals surface area contributed by atoms with E-state index in [4.69, 9.17) is 9.84 Å². The molecule has 0 atom stereocenters. The first-order valence-electron chi connectivity index (χ1n) is 5.71. The Morgan fingerprint density at radius 3 is 2.82 bits per heavy atom. The minimum absolute atomic E-state index is 0.0409. The zero-order chi connectivity index (χ0) is 12.7. The van der Waals surface area contributed by atoms with E-state index in [-0.39, 0.29) is 12.4 Å². The van der Waals surface area contributed by atoms with Crippen LogP contribution >= 0.6 is 0 Å². The zero-order valence-electron chi connectivity index (χ0n) is 10.3. The summed E-state index contributed by atoms with van der Waals surface area (Å²) in [5.41, 5.74) is 0.640. The van der Waals surface area contributed by atoms with Crippen LogP contribution in [0.25, 0.3) is 0 Å². The Morgan fingerprint density at radius 2 is 2.24 bits per heavy atom. The summed E-state index contributed by atoms with van der Waals surface area (Å²) in [6.07, 6.45) is 0. The first-order chi connectivity index (χ1) is 8.21. The Balaban J connectivity index is 2.68. The molecule has 4 heteroatoms. The van der Waals surface area contributed by atoms with Crippen molar-refractivity contribution >= 4 is 5.78 Å². The Bertz CT molecular complexity index is 365. The van der Waals surface area contributed by atoms with Crippen molar-refractivity contribution in [3.63, 3.8) is 0 Å². The molecule has 1 rings (SSSR count). The molecule has 0 saturated carbocycles. The highest BCUT2D eigenvalue weighted by Crippen LogP contribution is 2.13. The summed E-state index contributed by atoms with van der Waals surface area (Å²) in [5, 5.41) is 8.86. The molecule has 0 aliphatic heterocycles. The minimum atomic E-state index is 0.0409. The molecule has 0 aliphatic rings. The molecular weight excluding hydrogens is 218 g/mol. The number of ether oxygens (including phenoxy) is 1. The number of nitrogens with zero attached hydrogens (tertiary/aromatic N) is 1. The number of methoxy groups -OCH3 is 1. The van der Waals surface area contributed by atoms with Gasteiger partial charge in [-0.15, -0.1) is 0 Å². The Hall–Kier alpha value is -1.39. The lowest BCUT2D eigenvalue weighted by Crippen LogP contribution is -2.32. The van der Waals surface area contributed by atoms with Crippen molar-refractivity contribution in [1.82, 2.24) is 4.90 Å². The van der Waals surface area contributed by atoms with Gasteiger partial charge in [-0.05, 0) is 18.7 Å². The molecule has 0 radical (unpaired) electrons. The van der Waals surface area contributed by atoms with Crippen molar-refractivity contribution in [3.05, 3.63) is 29.8 Å². The van der Waals surface area contributed by atoms with Crippen molar-refractivity contribution in [2.75, 3.05) is 33.4 Å². The van der Waals surface area contributed by atoms with E-state index in [1.54, 1.807) is 25.3 Å². The smallest absolute Gasteiger partial charge is 0.176 e. The van der Waals surface area contributed by atoms with Gasteiger partial charge < -0.3 is 9.84 Å². The van der Waals surface area contributed by atoms with E-state index in [1.807, 2.05) is 17.9 Å². The number of Topliss-reactive ketones (excluding diaryl/α,β-unsaturated/α-hetero) is 1. The molecule has 0 saturated heterocycles. The van der Waals surface area contributed by atoms with Gasteiger partial charge >= 0.3 is 0 Å². The molecule has 1 aromatic rings. The van der Waals surface area contributed by atoms with E-state index in [2.05, 4.69) is 0 Å². The predicted octanol–water partition coefficient (Wildman–Crippen LogP) is 1.19. The SMILES string of the molecule is CCN(CCO)CC(=O)c1cccc(OC)c1. The second-order valence-corrected chi connectivity index (χ2v) is 3.75. The highest BCUT2D eigenvalue weighted by atomic mass is 16.5. The van der Waals surface area contributed by atoms with E-state index in [0.29, 0.717) is 24.4 Å². The fourth-order valence-corrected chi connectivity index (χ4v) is 1.58. The Labute approximate surface area is 102 Å². The van der Waals surface area contributed by atoms with Crippen LogP contribution in [-0.4, -0.2) is 49.1 Å². The predicted molar refractivity (Wildman–Crippen MR) is 66.5 cm³/mol. The van der Waals surface area contributed by atoms with Gasteiger partial charge in [0.2, 0.25) is 0 Å². The van der Waals surface area contributed by atoms with Crippen molar-refractivity contribution in [2.24, 2.45) is 0 Å². The van der Waals surface area contributed by atoms with Gasteiger partial charge in [0.15, 0.2) is 5.78 Å². The van der Waals surface area contributed by atoms with Crippen LogP contribution in [0.15, 0.2) is 24.3 Å². The number of hydrogen-bond donors (Lipinski definition) is 1. The molecular formula is C13H19NO3. The number of rotatable bonds is 7. The lowest BCUT2D eigenvalue weighted by molar-refractivity contribution is 0.0919. The maximum Gasteiger partial charge on any atom is 0.176 e. The summed E-state index contributed by atoms with van der Waals surface area (Å²) in [6.45, 7) is 3.63. The van der Waals surface area contributed by atoms with E-state index >= 15 is 0 Å². The molecule has 0 bridgehead atoms. The fraction of sp³-hybridized carbons (Fsp3) is 0.462. The van der Waals surface area contributed by atoms with E-state index < -0.39 is 0 Å². The van der Waals surface area contributed by atoms with Crippen molar-refractivity contribution in [3.8, 4) is 5.75 Å². The number of aliphatic hydroxyl groups excluding tert-OH is 1. The quantitative estimate of drug-likeness (QED) is 0.724. The standard InChI is InChI=1S/C13H19NO3/c1-3-14(7-8-15)10-13(16)11-5-4-6-12(9-11)17-2/h4-6,9,15H,3,7-8,10H2,1-2H3. The minimum Gasteiger partial charge on any atom is -0.497 e. The Kier molecular flexibility index (Phi) is 5.66. The lowest BCUT2D eigenvalue weighted by atomic mass is 10.1. The molecule has 0 unspecified atom stereocenters. The van der Waals surface area contributed by atoms with E-state index in [0.717, 1.165) is 6.54 Å². The average molecular weight is 237 g/mol. The molecule has 4 nitrogen and oxygen atoms in total. The second kappa shape index (κ2) is 7.04. The van der Waals surface area contributed by atoms with Gasteiger partial charge in [-0.1, -0.05) is 19.1 Å². The Morgan fingerprint density at radius 1 is 1.47 bits per heavy atom. The molecule has 0 heterocycles. The summed E-state index contributed by atoms with van der Waals surface area (Å²) in [7, 11) is 1.58. The molecule has 0 aromatic heterocycles. The van der Waals surface area contributed by atoms with Crippen LogP contribution in [0.1, 0.15) is 17.3 Å². The number of aliphatic hydroxyl groups is 1. The van der Waals surface area contributed by atoms with Gasteiger partial charge in [0.1, 0.15) is 5.75 Å². The molecule has 17 heavy (non-hydrogen) atoms. The van der Waals surface area contributed by atoms with Gasteiger partial charge in [0.25, 0.3) is 0 Å². The number of hydrogen-bond acceptors (Lipinski definition) is 4. The van der Waals surface area contributed by atoms with Gasteiger partial charge in [0.05, 0.1) is 20.3 Å². The van der Waals surface area contributed by atoms with Crippen LogP contribution in [0, 0.1) is 0 Å². The van der Waals surface area contributed by atoms with Gasteiger partial charge in [-0.2, -0.15) is 0 Å². The summed E-state index contributed by atoms with van der Waals surface area (Å²) >= 11 is 0. The van der Waals surface area contributed by atoms with Crippen LogP contribution in [-0.2, 0) is 0 Å². The summed E-state index contributed by atoms with van der Waals surface area (Å²) in [5.74, 6) is 0.722. The topological polar surface area (TPSA) is 49.8 Å². The molecule has 1 N–H and O–H groups in total. The third-order valence-electron chi connectivity index (χ3n) is 2.62. The van der Waals surface area contributed by atoms with E-state index in [1.165, 1.54) is 0 Å². The first-order valence-corrected chi connectivity index (χ1v) is 5.71. The monoisotopic (exact) mass is 237 g/mol. The van der Waals surface area contributed by atoms with Crippen LogP contribution in [0.5, 0.6) is 5.75 Å². The molecule has 0 amide bonds. The maximum absolute atomic E-state index is 12.0. The van der Waals surface area contributed by atoms with Crippen LogP contribution in [0.3, 0.4) is 0 Å². The molecule has 0 spiro atoms. The van der Waals surface area contributed by atoms with E-state index in [9.17, 15) is 4.79 Å². The second-order valence-electron chi connectivity index (χ2n) is 3.75. The molecule has 0 fully saturated rings. The van der Waals surface area contributed by atoms with Gasteiger partial charge in [0, 0.05) is 12.1 Å². The summed E-state index contributed by atoms with van der Waals surface area (Å²) in [4.78, 5) is 13.9. The average Bonchev–Trinajstić information content (AvgIpc) is 2.38. The molecule has 0 aliphatic carbocycles. The first kappa shape index (κ1) is 13.7. The number of ketones is 1. The number of carbonyl (C=O) groups excluding carboxylic acids is 1. The third-order valence-corrected chi connectivity index (χ3v) is 2.62. The van der Waals surface area contributed by atoms with Crippen LogP contribution in [0.2, 0.25) is 0 Å². The molecule has 94 valence electrons. The maximum atomic E-state index is 12.0. The van der Waals surface area contributed by atoms with Gasteiger partial charge in [-0.3, -0.25) is 9.69 Å². The number of likely N-dealkylation sites (N-methyl/N-ethyl adjacent to an activating group) is 1. The van der Waals surface area contributed by atoms with Gasteiger partial charge in [-0.25, -0.2) is 0 Å². The normalized spacial score (nSPS) is 10.6. The highest BCUT2D eigenvalue weighted by molar-refractivity contribution is 5.97. The zero-order valence-corrected chi connectivity index (χ0v) is 10.3. The van der Waals surface area contributed by atoms with Crippen molar-refractivity contribution in [1.29, 1.82) is 0 Å². The third kappa shape index (κ3) is 4.17. The highest BCUT2D eigenvalue weighted by Gasteiger charge is 2.11. The van der Waals surface area contributed by atoms with Crippen LogP contribution in [0.4, 0.5) is 0 Å². The molecule has 1 aromatic carbocycles. The summed E-state index contributed by atoms with van der Waals surface area (Å²) < 4.78 is 5.08. The van der Waals surface area contributed by atoms with Crippen molar-refractivity contribution in [2.45, 2.75) is 6.92 Å².